The molecule has 0 bridgehead atoms. The Labute approximate surface area is 190 Å². The normalized spacial score (nSPS) is 15.6. The van der Waals surface area contributed by atoms with Crippen LogP contribution in [0.15, 0.2) is 46.9 Å². The van der Waals surface area contributed by atoms with Crippen molar-refractivity contribution >= 4 is 33.2 Å². The molecule has 1 fully saturated rings. The number of hydrogen-bond acceptors (Lipinski definition) is 6. The summed E-state index contributed by atoms with van der Waals surface area (Å²) in [6, 6.07) is 12.4. The molecule has 1 aromatic heterocycles. The average Bonchev–Trinajstić information content (AvgIpc) is 3.32. The van der Waals surface area contributed by atoms with Gasteiger partial charge in [-0.1, -0.05) is 11.6 Å². The molecule has 0 unspecified atom stereocenters. The molecule has 1 amide bonds. The van der Waals surface area contributed by atoms with Gasteiger partial charge in [0.15, 0.2) is 0 Å². The van der Waals surface area contributed by atoms with E-state index in [1.807, 2.05) is 0 Å². The van der Waals surface area contributed by atoms with Crippen molar-refractivity contribution in [1.82, 2.24) is 15.1 Å². The summed E-state index contributed by atoms with van der Waals surface area (Å²) in [5, 5.41) is 8.84. The highest BCUT2D eigenvalue weighted by Crippen LogP contribution is 2.34. The largest absolute Gasteiger partial charge is 0.419 e. The predicted octanol–water partition coefficient (Wildman–Crippen LogP) is 3.52. The van der Waals surface area contributed by atoms with Crippen LogP contribution in [0.25, 0.3) is 11.5 Å². The van der Waals surface area contributed by atoms with Crippen LogP contribution >= 0.6 is 11.6 Å². The second-order valence-electron chi connectivity index (χ2n) is 8.10. The Morgan fingerprint density at radius 2 is 1.94 bits per heavy atom. The molecule has 0 spiro atoms. The smallest absolute Gasteiger partial charge is 0.254 e. The number of amides is 1. The Morgan fingerprint density at radius 3 is 2.62 bits per heavy atom. The molecule has 3 aromatic rings. The zero-order chi connectivity index (χ0) is 22.5. The quantitative estimate of drug-likeness (QED) is 0.544. The van der Waals surface area contributed by atoms with Crippen LogP contribution in [0.5, 0.6) is 0 Å². The summed E-state index contributed by atoms with van der Waals surface area (Å²) in [5.74, 6) is 0.609. The van der Waals surface area contributed by atoms with Crippen molar-refractivity contribution in [1.29, 1.82) is 0 Å². The topological polar surface area (TPSA) is 96.6 Å². The molecule has 0 radical (unpaired) electrons. The molecule has 0 atom stereocenters. The standard InChI is InChI=1S/C22H21ClN4O4S/c1-32(29,30)27-11-10-15-12-16(4-9-19(15)27)22(28)26(18-7-8-18)13-20-24-25-21(31-20)14-2-5-17(23)6-3-14/h2-6,9,12,18H,7-8,10-11,13H2,1H3. The Bertz CT molecular complexity index is 1290. The first-order chi connectivity index (χ1) is 15.3. The fourth-order valence-corrected chi connectivity index (χ4v) is 5.02. The Morgan fingerprint density at radius 1 is 1.19 bits per heavy atom. The molecule has 0 N–H and O–H groups in total. The van der Waals surface area contributed by atoms with Crippen LogP contribution < -0.4 is 4.31 Å². The summed E-state index contributed by atoms with van der Waals surface area (Å²) in [6.45, 7) is 0.615. The Hall–Kier alpha value is -2.91. The third-order valence-corrected chi connectivity index (χ3v) is 7.12. The van der Waals surface area contributed by atoms with E-state index in [4.69, 9.17) is 16.0 Å². The number of carbonyl (C=O) groups excluding carboxylic acids is 1. The molecule has 0 saturated heterocycles. The van der Waals surface area contributed by atoms with E-state index in [1.165, 1.54) is 10.6 Å². The molecule has 1 aliphatic heterocycles. The summed E-state index contributed by atoms with van der Waals surface area (Å²) >= 11 is 5.93. The minimum atomic E-state index is -3.33. The number of rotatable bonds is 6. The van der Waals surface area contributed by atoms with Crippen LogP contribution in [0.1, 0.15) is 34.7 Å². The van der Waals surface area contributed by atoms with Gasteiger partial charge < -0.3 is 9.32 Å². The zero-order valence-electron chi connectivity index (χ0n) is 17.4. The first-order valence-corrected chi connectivity index (χ1v) is 12.5. The summed E-state index contributed by atoms with van der Waals surface area (Å²) in [7, 11) is -3.33. The van der Waals surface area contributed by atoms with Gasteiger partial charge in [0.2, 0.25) is 21.8 Å². The minimum Gasteiger partial charge on any atom is -0.419 e. The molecular formula is C22H21ClN4O4S. The van der Waals surface area contributed by atoms with E-state index in [-0.39, 0.29) is 18.5 Å². The molecule has 2 aromatic carbocycles. The Kier molecular flexibility index (Phi) is 5.17. The lowest BCUT2D eigenvalue weighted by Crippen LogP contribution is -2.32. The molecule has 1 aliphatic carbocycles. The maximum atomic E-state index is 13.3. The van der Waals surface area contributed by atoms with E-state index in [0.29, 0.717) is 41.0 Å². The molecule has 1 saturated carbocycles. The van der Waals surface area contributed by atoms with Gasteiger partial charge >= 0.3 is 0 Å². The number of benzene rings is 2. The minimum absolute atomic E-state index is 0.126. The van der Waals surface area contributed by atoms with Gasteiger partial charge in [-0.15, -0.1) is 10.2 Å². The summed E-state index contributed by atoms with van der Waals surface area (Å²) in [5.41, 5.74) is 2.79. The van der Waals surface area contributed by atoms with E-state index in [0.717, 1.165) is 24.0 Å². The van der Waals surface area contributed by atoms with Crippen LogP contribution in [0.4, 0.5) is 5.69 Å². The van der Waals surface area contributed by atoms with Crippen LogP contribution in [0.3, 0.4) is 0 Å². The van der Waals surface area contributed by atoms with Gasteiger partial charge in [0.05, 0.1) is 18.5 Å². The summed E-state index contributed by atoms with van der Waals surface area (Å²) in [4.78, 5) is 15.1. The highest BCUT2D eigenvalue weighted by molar-refractivity contribution is 7.92. The Balaban J connectivity index is 1.36. The SMILES string of the molecule is CS(=O)(=O)N1CCc2cc(C(=O)N(Cc3nnc(-c4ccc(Cl)cc4)o3)C3CC3)ccc21. The lowest BCUT2D eigenvalue weighted by atomic mass is 10.1. The van der Waals surface area contributed by atoms with Gasteiger partial charge in [0.25, 0.3) is 5.91 Å². The monoisotopic (exact) mass is 472 g/mol. The third kappa shape index (κ3) is 4.10. The molecule has 2 heterocycles. The maximum Gasteiger partial charge on any atom is 0.254 e. The summed E-state index contributed by atoms with van der Waals surface area (Å²) < 4.78 is 31.1. The first kappa shape index (κ1) is 21.0. The molecule has 5 rings (SSSR count). The van der Waals surface area contributed by atoms with Crippen molar-refractivity contribution < 1.29 is 17.6 Å². The van der Waals surface area contributed by atoms with E-state index in [9.17, 15) is 13.2 Å². The fourth-order valence-electron chi connectivity index (χ4n) is 3.94. The lowest BCUT2D eigenvalue weighted by Gasteiger charge is -2.21. The number of halogens is 1. The second kappa shape index (κ2) is 7.90. The number of nitrogens with zero attached hydrogens (tertiary/aromatic N) is 4. The number of anilines is 1. The number of hydrogen-bond donors (Lipinski definition) is 0. The van der Waals surface area contributed by atoms with E-state index >= 15 is 0 Å². The molecular weight excluding hydrogens is 452 g/mol. The molecule has 8 nitrogen and oxygen atoms in total. The van der Waals surface area contributed by atoms with E-state index < -0.39 is 10.0 Å². The predicted molar refractivity (Wildman–Crippen MR) is 120 cm³/mol. The van der Waals surface area contributed by atoms with Crippen LogP contribution in [-0.4, -0.2) is 48.3 Å². The van der Waals surface area contributed by atoms with Crippen molar-refractivity contribution in [2.45, 2.75) is 31.8 Å². The second-order valence-corrected chi connectivity index (χ2v) is 10.4. The van der Waals surface area contributed by atoms with Crippen molar-refractivity contribution in [2.24, 2.45) is 0 Å². The van der Waals surface area contributed by atoms with Gasteiger partial charge in [-0.25, -0.2) is 8.42 Å². The zero-order valence-corrected chi connectivity index (χ0v) is 18.9. The average molecular weight is 473 g/mol. The molecule has 10 heteroatoms. The molecule has 166 valence electrons. The van der Waals surface area contributed by atoms with Gasteiger partial charge in [0, 0.05) is 28.7 Å². The number of sulfonamides is 1. The number of fused-ring (bicyclic) bond motifs is 1. The third-order valence-electron chi connectivity index (χ3n) is 5.69. The van der Waals surface area contributed by atoms with Crippen molar-refractivity contribution in [3.8, 4) is 11.5 Å². The van der Waals surface area contributed by atoms with Crippen molar-refractivity contribution in [3.05, 3.63) is 64.5 Å². The maximum absolute atomic E-state index is 13.3. The molecule has 2 aliphatic rings. The first-order valence-electron chi connectivity index (χ1n) is 10.3. The highest BCUT2D eigenvalue weighted by Gasteiger charge is 2.35. The summed E-state index contributed by atoms with van der Waals surface area (Å²) in [6.07, 6.45) is 3.63. The fraction of sp³-hybridized carbons (Fsp3) is 0.318. The van der Waals surface area contributed by atoms with E-state index in [1.54, 1.807) is 47.4 Å². The van der Waals surface area contributed by atoms with Crippen LogP contribution in [0.2, 0.25) is 5.02 Å². The van der Waals surface area contributed by atoms with Crippen LogP contribution in [0, 0.1) is 0 Å². The number of aromatic nitrogens is 2. The van der Waals surface area contributed by atoms with Crippen molar-refractivity contribution in [2.75, 3.05) is 17.1 Å². The molecule has 32 heavy (non-hydrogen) atoms. The van der Waals surface area contributed by atoms with Crippen molar-refractivity contribution in [3.63, 3.8) is 0 Å². The highest BCUT2D eigenvalue weighted by atomic mass is 35.5. The lowest BCUT2D eigenvalue weighted by molar-refractivity contribution is 0.0714. The van der Waals surface area contributed by atoms with E-state index in [2.05, 4.69) is 10.2 Å². The van der Waals surface area contributed by atoms with Crippen LogP contribution in [-0.2, 0) is 23.0 Å². The van der Waals surface area contributed by atoms with Gasteiger partial charge in [0.1, 0.15) is 0 Å². The van der Waals surface area contributed by atoms with Gasteiger partial charge in [-0.2, -0.15) is 0 Å². The van der Waals surface area contributed by atoms with Gasteiger partial charge in [-0.3, -0.25) is 9.10 Å². The number of carbonyl (C=O) groups is 1. The van der Waals surface area contributed by atoms with Gasteiger partial charge in [-0.05, 0) is 67.3 Å².